The Bertz CT molecular complexity index is 673. The van der Waals surface area contributed by atoms with Crippen LogP contribution in [0.25, 0.3) is 0 Å². The van der Waals surface area contributed by atoms with Crippen LogP contribution in [0.4, 0.5) is 4.39 Å². The van der Waals surface area contributed by atoms with E-state index in [0.717, 1.165) is 5.56 Å². The third-order valence-corrected chi connectivity index (χ3v) is 3.74. The van der Waals surface area contributed by atoms with Crippen molar-refractivity contribution < 1.29 is 19.0 Å². The van der Waals surface area contributed by atoms with Crippen molar-refractivity contribution in [3.63, 3.8) is 0 Å². The molecular weight excluding hydrogens is 309 g/mol. The number of amides is 1. The Labute approximate surface area is 141 Å². The SMILES string of the molecule is COc1cccc(CC(=O)NC(C)CC(O)c2ccc(F)cc2)c1. The van der Waals surface area contributed by atoms with Crippen molar-refractivity contribution in [3.8, 4) is 5.75 Å². The fourth-order valence-corrected chi connectivity index (χ4v) is 2.51. The zero-order chi connectivity index (χ0) is 17.5. The van der Waals surface area contributed by atoms with Crippen LogP contribution in [0.3, 0.4) is 0 Å². The lowest BCUT2D eigenvalue weighted by atomic mass is 10.0. The lowest BCUT2D eigenvalue weighted by Crippen LogP contribution is -2.34. The zero-order valence-corrected chi connectivity index (χ0v) is 13.8. The van der Waals surface area contributed by atoms with Crippen LogP contribution in [-0.2, 0) is 11.2 Å². The number of rotatable bonds is 7. The van der Waals surface area contributed by atoms with E-state index in [-0.39, 0.29) is 24.2 Å². The quantitative estimate of drug-likeness (QED) is 0.820. The molecule has 2 aromatic rings. The minimum atomic E-state index is -0.752. The number of hydrogen-bond acceptors (Lipinski definition) is 3. The Hall–Kier alpha value is -2.40. The smallest absolute Gasteiger partial charge is 0.224 e. The highest BCUT2D eigenvalue weighted by atomic mass is 19.1. The van der Waals surface area contributed by atoms with Gasteiger partial charge in [0.15, 0.2) is 0 Å². The fraction of sp³-hybridized carbons (Fsp3) is 0.316. The van der Waals surface area contributed by atoms with Gasteiger partial charge in [-0.1, -0.05) is 24.3 Å². The third-order valence-electron chi connectivity index (χ3n) is 3.74. The standard InChI is InChI=1S/C19H22FNO3/c1-13(10-18(22)15-6-8-16(20)9-7-15)21-19(23)12-14-4-3-5-17(11-14)24-2/h3-9,11,13,18,22H,10,12H2,1-2H3,(H,21,23). The van der Waals surface area contributed by atoms with Crippen LogP contribution in [-0.4, -0.2) is 24.2 Å². The van der Waals surface area contributed by atoms with Gasteiger partial charge in [-0.15, -0.1) is 0 Å². The number of benzene rings is 2. The second-order valence-electron chi connectivity index (χ2n) is 5.80. The number of halogens is 1. The van der Waals surface area contributed by atoms with Gasteiger partial charge in [0.2, 0.25) is 5.91 Å². The molecule has 4 nitrogen and oxygen atoms in total. The molecule has 0 aliphatic heterocycles. The van der Waals surface area contributed by atoms with Gasteiger partial charge in [0.25, 0.3) is 0 Å². The lowest BCUT2D eigenvalue weighted by molar-refractivity contribution is -0.121. The lowest BCUT2D eigenvalue weighted by Gasteiger charge is -2.18. The molecule has 2 atom stereocenters. The van der Waals surface area contributed by atoms with E-state index in [2.05, 4.69) is 5.32 Å². The molecule has 2 aromatic carbocycles. The van der Waals surface area contributed by atoms with Gasteiger partial charge >= 0.3 is 0 Å². The molecule has 0 spiro atoms. The Balaban J connectivity index is 1.85. The third kappa shape index (κ3) is 5.35. The Kier molecular flexibility index (Phi) is 6.32. The van der Waals surface area contributed by atoms with Gasteiger partial charge in [0.05, 0.1) is 19.6 Å². The van der Waals surface area contributed by atoms with Crippen LogP contribution in [0.15, 0.2) is 48.5 Å². The molecule has 0 aliphatic carbocycles. The van der Waals surface area contributed by atoms with E-state index in [0.29, 0.717) is 17.7 Å². The number of carbonyl (C=O) groups excluding carboxylic acids is 1. The molecule has 0 radical (unpaired) electrons. The first kappa shape index (κ1) is 17.9. The van der Waals surface area contributed by atoms with Crippen molar-refractivity contribution in [2.75, 3.05) is 7.11 Å². The number of hydrogen-bond donors (Lipinski definition) is 2. The van der Waals surface area contributed by atoms with E-state index < -0.39 is 6.10 Å². The van der Waals surface area contributed by atoms with Gasteiger partial charge in [-0.25, -0.2) is 4.39 Å². The van der Waals surface area contributed by atoms with Crippen molar-refractivity contribution in [2.45, 2.75) is 31.9 Å². The second-order valence-corrected chi connectivity index (χ2v) is 5.80. The van der Waals surface area contributed by atoms with Gasteiger partial charge < -0.3 is 15.2 Å². The summed E-state index contributed by atoms with van der Waals surface area (Å²) in [5, 5.41) is 13.0. The molecule has 0 bridgehead atoms. The number of aliphatic hydroxyl groups is 1. The molecule has 0 saturated carbocycles. The molecular formula is C19H22FNO3. The molecule has 5 heteroatoms. The summed E-state index contributed by atoms with van der Waals surface area (Å²) in [5.41, 5.74) is 1.49. The van der Waals surface area contributed by atoms with Crippen molar-refractivity contribution in [3.05, 3.63) is 65.5 Å². The number of aliphatic hydroxyl groups excluding tert-OH is 1. The molecule has 0 aliphatic rings. The molecule has 2 unspecified atom stereocenters. The Morgan fingerprint density at radius 2 is 1.96 bits per heavy atom. The first-order chi connectivity index (χ1) is 11.5. The van der Waals surface area contributed by atoms with E-state index in [1.54, 1.807) is 19.2 Å². The molecule has 24 heavy (non-hydrogen) atoms. The highest BCUT2D eigenvalue weighted by Crippen LogP contribution is 2.19. The first-order valence-electron chi connectivity index (χ1n) is 7.83. The molecule has 0 saturated heterocycles. The van der Waals surface area contributed by atoms with Crippen LogP contribution >= 0.6 is 0 Å². The summed E-state index contributed by atoms with van der Waals surface area (Å²) in [5.74, 6) is 0.243. The minimum absolute atomic E-state index is 0.123. The van der Waals surface area contributed by atoms with Crippen LogP contribution in [0.5, 0.6) is 5.75 Å². The number of nitrogens with one attached hydrogen (secondary N) is 1. The maximum Gasteiger partial charge on any atom is 0.224 e. The molecule has 1 amide bonds. The van der Waals surface area contributed by atoms with Crippen molar-refractivity contribution in [1.82, 2.24) is 5.32 Å². The first-order valence-corrected chi connectivity index (χ1v) is 7.83. The normalized spacial score (nSPS) is 13.2. The average Bonchev–Trinajstić information content (AvgIpc) is 2.55. The summed E-state index contributed by atoms with van der Waals surface area (Å²) in [6, 6.07) is 12.8. The van der Waals surface area contributed by atoms with E-state index >= 15 is 0 Å². The van der Waals surface area contributed by atoms with Crippen LogP contribution in [0.2, 0.25) is 0 Å². The monoisotopic (exact) mass is 331 g/mol. The number of carbonyl (C=O) groups is 1. The highest BCUT2D eigenvalue weighted by Gasteiger charge is 2.15. The summed E-state index contributed by atoms with van der Waals surface area (Å²) in [4.78, 5) is 12.1. The van der Waals surface area contributed by atoms with Gasteiger partial charge in [0.1, 0.15) is 11.6 Å². The summed E-state index contributed by atoms with van der Waals surface area (Å²) < 4.78 is 18.0. The van der Waals surface area contributed by atoms with Gasteiger partial charge in [-0.2, -0.15) is 0 Å². The molecule has 0 aromatic heterocycles. The van der Waals surface area contributed by atoms with E-state index in [1.165, 1.54) is 12.1 Å². The molecule has 128 valence electrons. The van der Waals surface area contributed by atoms with Crippen LogP contribution in [0, 0.1) is 5.82 Å². The van der Waals surface area contributed by atoms with E-state index in [4.69, 9.17) is 4.74 Å². The number of ether oxygens (including phenoxy) is 1. The number of methoxy groups -OCH3 is 1. The maximum absolute atomic E-state index is 12.9. The van der Waals surface area contributed by atoms with Crippen molar-refractivity contribution in [1.29, 1.82) is 0 Å². The fourth-order valence-electron chi connectivity index (χ4n) is 2.51. The minimum Gasteiger partial charge on any atom is -0.497 e. The summed E-state index contributed by atoms with van der Waals surface area (Å²) in [6.07, 6.45) is -0.151. The summed E-state index contributed by atoms with van der Waals surface area (Å²) >= 11 is 0. The van der Waals surface area contributed by atoms with Crippen LogP contribution in [0.1, 0.15) is 30.6 Å². The molecule has 0 fully saturated rings. The van der Waals surface area contributed by atoms with Gasteiger partial charge in [0, 0.05) is 6.04 Å². The van der Waals surface area contributed by atoms with Crippen molar-refractivity contribution >= 4 is 5.91 Å². The van der Waals surface area contributed by atoms with Gasteiger partial charge in [-0.05, 0) is 48.7 Å². The van der Waals surface area contributed by atoms with E-state index in [9.17, 15) is 14.3 Å². The molecule has 2 rings (SSSR count). The average molecular weight is 331 g/mol. The topological polar surface area (TPSA) is 58.6 Å². The highest BCUT2D eigenvalue weighted by molar-refractivity contribution is 5.78. The Morgan fingerprint density at radius 1 is 1.25 bits per heavy atom. The van der Waals surface area contributed by atoms with Crippen molar-refractivity contribution in [2.24, 2.45) is 0 Å². The predicted molar refractivity (Wildman–Crippen MR) is 90.3 cm³/mol. The summed E-state index contributed by atoms with van der Waals surface area (Å²) in [6.45, 7) is 1.83. The largest absolute Gasteiger partial charge is 0.497 e. The summed E-state index contributed by atoms with van der Waals surface area (Å²) in [7, 11) is 1.58. The predicted octanol–water partition coefficient (Wildman–Crippen LogP) is 3.01. The van der Waals surface area contributed by atoms with Gasteiger partial charge in [-0.3, -0.25) is 4.79 Å². The molecule has 2 N–H and O–H groups in total. The molecule has 0 heterocycles. The van der Waals surface area contributed by atoms with E-state index in [1.807, 2.05) is 31.2 Å². The van der Waals surface area contributed by atoms with Crippen LogP contribution < -0.4 is 10.1 Å². The second kappa shape index (κ2) is 8.45. The Morgan fingerprint density at radius 3 is 2.62 bits per heavy atom. The zero-order valence-electron chi connectivity index (χ0n) is 13.8. The maximum atomic E-state index is 12.9.